The van der Waals surface area contributed by atoms with Crippen LogP contribution in [0.2, 0.25) is 0 Å². The lowest BCUT2D eigenvalue weighted by atomic mass is 10.0. The van der Waals surface area contributed by atoms with E-state index < -0.39 is 17.5 Å². The summed E-state index contributed by atoms with van der Waals surface area (Å²) >= 11 is 3.37. The molecule has 0 radical (unpaired) electrons. The molecule has 120 valence electrons. The Morgan fingerprint density at radius 1 is 1.30 bits per heavy atom. The van der Waals surface area contributed by atoms with Crippen LogP contribution in [0, 0.1) is 5.82 Å². The first-order chi connectivity index (χ1) is 10.7. The maximum absolute atomic E-state index is 14.1. The average Bonchev–Trinajstić information content (AvgIpc) is 2.76. The zero-order chi connectivity index (χ0) is 16.9. The van der Waals surface area contributed by atoms with E-state index in [2.05, 4.69) is 15.9 Å². The van der Waals surface area contributed by atoms with E-state index in [0.717, 1.165) is 4.90 Å². The van der Waals surface area contributed by atoms with Crippen LogP contribution in [-0.2, 0) is 16.0 Å². The zero-order valence-electron chi connectivity index (χ0n) is 12.9. The molecule has 4 nitrogen and oxygen atoms in total. The fourth-order valence-corrected chi connectivity index (χ4v) is 3.22. The second-order valence-corrected chi connectivity index (χ2v) is 7.26. The number of anilines is 1. The SMILES string of the molecule is CC(C)(C)OC(=O)N1C(=O)Cc2c(Br)cc3c(F)cccc3c21. The summed E-state index contributed by atoms with van der Waals surface area (Å²) in [6, 6.07) is 6.23. The summed E-state index contributed by atoms with van der Waals surface area (Å²) in [7, 11) is 0. The summed E-state index contributed by atoms with van der Waals surface area (Å²) < 4.78 is 20.0. The van der Waals surface area contributed by atoms with Gasteiger partial charge in [-0.2, -0.15) is 0 Å². The van der Waals surface area contributed by atoms with Gasteiger partial charge in [0, 0.05) is 20.8 Å². The summed E-state index contributed by atoms with van der Waals surface area (Å²) in [5, 5.41) is 0.862. The number of amides is 2. The maximum Gasteiger partial charge on any atom is 0.421 e. The van der Waals surface area contributed by atoms with Gasteiger partial charge in [0.15, 0.2) is 0 Å². The van der Waals surface area contributed by atoms with Crippen molar-refractivity contribution in [1.29, 1.82) is 0 Å². The van der Waals surface area contributed by atoms with Crippen LogP contribution in [-0.4, -0.2) is 17.6 Å². The summed E-state index contributed by atoms with van der Waals surface area (Å²) in [5.41, 5.74) is 0.333. The molecule has 0 saturated carbocycles. The normalized spacial score (nSPS) is 14.3. The Morgan fingerprint density at radius 3 is 2.65 bits per heavy atom. The summed E-state index contributed by atoms with van der Waals surface area (Å²) in [6.45, 7) is 5.18. The number of imide groups is 1. The first-order valence-corrected chi connectivity index (χ1v) is 7.94. The van der Waals surface area contributed by atoms with Gasteiger partial charge in [0.2, 0.25) is 5.91 Å². The second kappa shape index (κ2) is 5.30. The van der Waals surface area contributed by atoms with Crippen molar-refractivity contribution in [2.45, 2.75) is 32.8 Å². The van der Waals surface area contributed by atoms with Gasteiger partial charge in [0.05, 0.1) is 12.1 Å². The van der Waals surface area contributed by atoms with Gasteiger partial charge in [-0.1, -0.05) is 28.1 Å². The largest absolute Gasteiger partial charge is 0.443 e. The van der Waals surface area contributed by atoms with Crippen LogP contribution in [0.25, 0.3) is 10.8 Å². The highest BCUT2D eigenvalue weighted by molar-refractivity contribution is 9.10. The fraction of sp³-hybridized carbons (Fsp3) is 0.294. The quantitative estimate of drug-likeness (QED) is 0.673. The molecule has 0 unspecified atom stereocenters. The van der Waals surface area contributed by atoms with Crippen LogP contribution in [0.3, 0.4) is 0 Å². The van der Waals surface area contributed by atoms with Crippen LogP contribution in [0.1, 0.15) is 26.3 Å². The molecule has 2 amide bonds. The van der Waals surface area contributed by atoms with Crippen molar-refractivity contribution in [3.63, 3.8) is 0 Å². The Balaban J connectivity index is 2.22. The Bertz CT molecular complexity index is 842. The standard InChI is InChI=1S/C17H15BrFNO3/c1-17(2,3)23-16(22)20-14(21)8-11-12(18)7-10-9(15(11)20)5-4-6-13(10)19/h4-7H,8H2,1-3H3. The molecular formula is C17H15BrFNO3. The second-order valence-electron chi connectivity index (χ2n) is 6.41. The topological polar surface area (TPSA) is 46.6 Å². The molecule has 6 heteroatoms. The van der Waals surface area contributed by atoms with Crippen LogP contribution >= 0.6 is 15.9 Å². The Hall–Kier alpha value is -1.95. The molecule has 1 aliphatic heterocycles. The van der Waals surface area contributed by atoms with Crippen molar-refractivity contribution in [3.05, 3.63) is 40.1 Å². The highest BCUT2D eigenvalue weighted by Crippen LogP contribution is 2.42. The number of nitrogens with zero attached hydrogens (tertiary/aromatic N) is 1. The molecule has 3 rings (SSSR count). The number of fused-ring (bicyclic) bond motifs is 3. The van der Waals surface area contributed by atoms with Crippen molar-refractivity contribution in [1.82, 2.24) is 0 Å². The number of halogens is 2. The summed E-state index contributed by atoms with van der Waals surface area (Å²) in [5.74, 6) is -0.791. The van der Waals surface area contributed by atoms with Crippen LogP contribution < -0.4 is 4.90 Å². The minimum absolute atomic E-state index is 0.0710. The van der Waals surface area contributed by atoms with E-state index in [9.17, 15) is 14.0 Å². The Kier molecular flexibility index (Phi) is 3.67. The van der Waals surface area contributed by atoms with Gasteiger partial charge >= 0.3 is 6.09 Å². The monoisotopic (exact) mass is 379 g/mol. The van der Waals surface area contributed by atoms with Crippen molar-refractivity contribution in [2.75, 3.05) is 4.90 Å². The van der Waals surface area contributed by atoms with E-state index in [1.54, 1.807) is 39.0 Å². The van der Waals surface area contributed by atoms with Crippen molar-refractivity contribution in [2.24, 2.45) is 0 Å². The number of hydrogen-bond acceptors (Lipinski definition) is 3. The number of benzene rings is 2. The fourth-order valence-electron chi connectivity index (χ4n) is 2.66. The maximum atomic E-state index is 14.1. The molecule has 2 aromatic carbocycles. The molecule has 0 aromatic heterocycles. The van der Waals surface area contributed by atoms with Crippen molar-refractivity contribution >= 4 is 44.4 Å². The zero-order valence-corrected chi connectivity index (χ0v) is 14.5. The smallest absolute Gasteiger partial charge is 0.421 e. The molecule has 2 aromatic rings. The van der Waals surface area contributed by atoms with Gasteiger partial charge in [0.25, 0.3) is 0 Å². The lowest BCUT2D eigenvalue weighted by Gasteiger charge is -2.24. The predicted molar refractivity (Wildman–Crippen MR) is 89.0 cm³/mol. The van der Waals surface area contributed by atoms with E-state index in [0.29, 0.717) is 26.5 Å². The number of rotatable bonds is 0. The van der Waals surface area contributed by atoms with E-state index in [1.807, 2.05) is 0 Å². The molecule has 0 spiro atoms. The van der Waals surface area contributed by atoms with E-state index in [-0.39, 0.29) is 12.3 Å². The number of hydrogen-bond donors (Lipinski definition) is 0. The minimum Gasteiger partial charge on any atom is -0.443 e. The van der Waals surface area contributed by atoms with Gasteiger partial charge in [-0.15, -0.1) is 0 Å². The molecule has 0 aliphatic carbocycles. The first-order valence-electron chi connectivity index (χ1n) is 7.14. The lowest BCUT2D eigenvalue weighted by molar-refractivity contribution is -0.117. The lowest BCUT2D eigenvalue weighted by Crippen LogP contribution is -2.38. The predicted octanol–water partition coefficient (Wildman–Crippen LogP) is 4.57. The molecule has 0 fully saturated rings. The molecular weight excluding hydrogens is 365 g/mol. The molecule has 0 N–H and O–H groups in total. The van der Waals surface area contributed by atoms with Gasteiger partial charge < -0.3 is 4.74 Å². The molecule has 23 heavy (non-hydrogen) atoms. The van der Waals surface area contributed by atoms with E-state index in [1.165, 1.54) is 6.07 Å². The van der Waals surface area contributed by atoms with Crippen LogP contribution in [0.5, 0.6) is 0 Å². The number of carbonyl (C=O) groups is 2. The van der Waals surface area contributed by atoms with Crippen LogP contribution in [0.4, 0.5) is 14.9 Å². The number of ether oxygens (including phenoxy) is 1. The van der Waals surface area contributed by atoms with E-state index in [4.69, 9.17) is 4.74 Å². The molecule has 0 bridgehead atoms. The highest BCUT2D eigenvalue weighted by Gasteiger charge is 2.38. The Morgan fingerprint density at radius 2 is 2.00 bits per heavy atom. The van der Waals surface area contributed by atoms with Crippen LogP contribution in [0.15, 0.2) is 28.7 Å². The Labute approximate surface area is 141 Å². The summed E-state index contributed by atoms with van der Waals surface area (Å²) in [4.78, 5) is 25.8. The molecule has 1 heterocycles. The molecule has 1 aliphatic rings. The van der Waals surface area contributed by atoms with E-state index >= 15 is 0 Å². The average molecular weight is 380 g/mol. The van der Waals surface area contributed by atoms with Gasteiger partial charge in [-0.05, 0) is 32.9 Å². The van der Waals surface area contributed by atoms with Gasteiger partial charge in [-0.3, -0.25) is 4.79 Å². The highest BCUT2D eigenvalue weighted by atomic mass is 79.9. The number of carbonyl (C=O) groups excluding carboxylic acids is 2. The first kappa shape index (κ1) is 15.9. The third kappa shape index (κ3) is 2.72. The van der Waals surface area contributed by atoms with Crippen molar-refractivity contribution in [3.8, 4) is 0 Å². The molecule has 0 atom stereocenters. The van der Waals surface area contributed by atoms with Crippen molar-refractivity contribution < 1.29 is 18.7 Å². The molecule has 0 saturated heterocycles. The third-order valence-corrected chi connectivity index (χ3v) is 4.24. The summed E-state index contributed by atoms with van der Waals surface area (Å²) in [6.07, 6.45) is -0.674. The minimum atomic E-state index is -0.745. The third-order valence-electron chi connectivity index (χ3n) is 3.53. The van der Waals surface area contributed by atoms with Gasteiger partial charge in [-0.25, -0.2) is 14.1 Å². The van der Waals surface area contributed by atoms with Gasteiger partial charge in [0.1, 0.15) is 11.4 Å².